The van der Waals surface area contributed by atoms with Gasteiger partial charge in [-0.2, -0.15) is 4.98 Å². The van der Waals surface area contributed by atoms with Crippen LogP contribution in [0.2, 0.25) is 0 Å². The van der Waals surface area contributed by atoms with Gasteiger partial charge in [0.25, 0.3) is 0 Å². The van der Waals surface area contributed by atoms with Crippen LogP contribution in [0.25, 0.3) is 16.6 Å². The van der Waals surface area contributed by atoms with Crippen LogP contribution in [0.4, 0.5) is 17.5 Å². The average Bonchev–Trinajstić information content (AvgIpc) is 3.50. The Morgan fingerprint density at radius 1 is 0.903 bits per heavy atom. The molecule has 0 atom stereocenters. The number of rotatable bonds is 4. The van der Waals surface area contributed by atoms with Crippen molar-refractivity contribution in [3.05, 3.63) is 54.5 Å². The molecule has 31 heavy (non-hydrogen) atoms. The predicted octanol–water partition coefficient (Wildman–Crippen LogP) is 4.09. The molecule has 0 amide bonds. The summed E-state index contributed by atoms with van der Waals surface area (Å²) in [6, 6.07) is 12.9. The van der Waals surface area contributed by atoms with E-state index in [1.54, 1.807) is 0 Å². The first-order chi connectivity index (χ1) is 15.3. The molecule has 6 rings (SSSR count). The Morgan fingerprint density at radius 3 is 2.55 bits per heavy atom. The normalized spacial score (nSPS) is 17.6. The molecular weight excluding hydrogens is 386 g/mol. The summed E-state index contributed by atoms with van der Waals surface area (Å²) in [7, 11) is 0. The highest BCUT2D eigenvalue weighted by molar-refractivity contribution is 5.80. The second-order valence-corrected chi connectivity index (χ2v) is 8.57. The summed E-state index contributed by atoms with van der Waals surface area (Å²) in [5, 5.41) is 7.73. The van der Waals surface area contributed by atoms with Gasteiger partial charge < -0.3 is 15.5 Å². The predicted molar refractivity (Wildman–Crippen MR) is 124 cm³/mol. The van der Waals surface area contributed by atoms with Crippen molar-refractivity contribution in [2.75, 3.05) is 36.4 Å². The number of hydrogen-bond donors (Lipinski definition) is 2. The number of aromatic nitrogens is 4. The van der Waals surface area contributed by atoms with E-state index in [2.05, 4.69) is 60.2 Å². The van der Waals surface area contributed by atoms with Gasteiger partial charge in [-0.25, -0.2) is 9.97 Å². The van der Waals surface area contributed by atoms with Gasteiger partial charge in [0.05, 0.1) is 11.9 Å². The molecule has 0 spiro atoms. The smallest absolute Gasteiger partial charge is 0.230 e. The Hall–Kier alpha value is -3.19. The van der Waals surface area contributed by atoms with E-state index in [9.17, 15) is 0 Å². The van der Waals surface area contributed by atoms with Crippen molar-refractivity contribution in [1.82, 2.24) is 24.7 Å². The third-order valence-electron chi connectivity index (χ3n) is 6.63. The average molecular weight is 414 g/mol. The van der Waals surface area contributed by atoms with Crippen molar-refractivity contribution in [2.45, 2.75) is 31.6 Å². The first-order valence-corrected chi connectivity index (χ1v) is 11.3. The molecule has 7 nitrogen and oxygen atoms in total. The van der Waals surface area contributed by atoms with Gasteiger partial charge >= 0.3 is 0 Å². The van der Waals surface area contributed by atoms with Crippen LogP contribution in [-0.4, -0.2) is 45.5 Å². The fourth-order valence-corrected chi connectivity index (χ4v) is 4.98. The highest BCUT2D eigenvalue weighted by Gasteiger charge is 2.21. The lowest BCUT2D eigenvalue weighted by Crippen LogP contribution is -2.43. The minimum atomic E-state index is 0.577. The molecule has 158 valence electrons. The Bertz CT molecular complexity index is 1200. The lowest BCUT2D eigenvalue weighted by molar-refractivity contribution is 0.589. The van der Waals surface area contributed by atoms with Crippen LogP contribution in [0.15, 0.2) is 48.8 Å². The first-order valence-electron chi connectivity index (χ1n) is 11.3. The lowest BCUT2D eigenvalue weighted by atomic mass is 10.0. The van der Waals surface area contributed by atoms with Crippen LogP contribution >= 0.6 is 0 Å². The monoisotopic (exact) mass is 413 g/mol. The molecule has 1 saturated heterocycles. The largest absolute Gasteiger partial charge is 0.368 e. The fraction of sp³-hybridized carbons (Fsp3) is 0.375. The molecule has 5 heterocycles. The molecule has 2 fully saturated rings. The van der Waals surface area contributed by atoms with Crippen molar-refractivity contribution in [2.24, 2.45) is 0 Å². The molecule has 0 unspecified atom stereocenters. The Morgan fingerprint density at radius 2 is 1.74 bits per heavy atom. The van der Waals surface area contributed by atoms with Crippen LogP contribution < -0.4 is 15.5 Å². The number of nitrogens with one attached hydrogen (secondary N) is 2. The number of fused-ring (bicyclic) bond motifs is 3. The van der Waals surface area contributed by atoms with E-state index in [-0.39, 0.29) is 0 Å². The molecule has 1 aliphatic carbocycles. The molecule has 1 saturated carbocycles. The lowest BCUT2D eigenvalue weighted by Gasteiger charge is -2.29. The third kappa shape index (κ3) is 3.49. The summed E-state index contributed by atoms with van der Waals surface area (Å²) in [5.74, 6) is 1.96. The van der Waals surface area contributed by atoms with Crippen molar-refractivity contribution < 1.29 is 0 Å². The third-order valence-corrected chi connectivity index (χ3v) is 6.63. The van der Waals surface area contributed by atoms with Gasteiger partial charge in [-0.15, -0.1) is 0 Å². The van der Waals surface area contributed by atoms with E-state index in [1.807, 2.05) is 18.5 Å². The molecule has 4 aromatic rings. The number of pyridine rings is 2. The van der Waals surface area contributed by atoms with Gasteiger partial charge in [0.2, 0.25) is 5.95 Å². The minimum absolute atomic E-state index is 0.577. The SMILES string of the molecule is c1cc(Nc2ncc3ccc4ccc(C5CCCC5)n4c3n2)ncc1N1CCNCC1. The number of anilines is 3. The van der Waals surface area contributed by atoms with E-state index < -0.39 is 0 Å². The molecule has 4 aromatic heterocycles. The fourth-order valence-electron chi connectivity index (χ4n) is 4.98. The first kappa shape index (κ1) is 18.6. The standard InChI is InChI=1S/C24H27N7/c1-2-4-17(3-1)21-9-7-19-6-5-18-15-27-24(29-23(18)31(19)21)28-22-10-8-20(16-26-22)30-13-11-25-12-14-30/h5-10,15-17,25H,1-4,11-14H2,(H,26,27,28,29). The summed E-state index contributed by atoms with van der Waals surface area (Å²) in [4.78, 5) is 16.4. The van der Waals surface area contributed by atoms with Gasteiger partial charge in [-0.1, -0.05) is 12.8 Å². The zero-order chi connectivity index (χ0) is 20.6. The summed E-state index contributed by atoms with van der Waals surface area (Å²) >= 11 is 0. The second-order valence-electron chi connectivity index (χ2n) is 8.57. The van der Waals surface area contributed by atoms with Crippen molar-refractivity contribution >= 4 is 34.0 Å². The quantitative estimate of drug-likeness (QED) is 0.525. The van der Waals surface area contributed by atoms with Gasteiger partial charge in [-0.05, 0) is 55.2 Å². The number of piperazine rings is 1. The maximum Gasteiger partial charge on any atom is 0.230 e. The maximum absolute atomic E-state index is 4.90. The van der Waals surface area contributed by atoms with Crippen LogP contribution in [0.1, 0.15) is 37.3 Å². The minimum Gasteiger partial charge on any atom is -0.368 e. The maximum atomic E-state index is 4.90. The molecule has 0 aromatic carbocycles. The van der Waals surface area contributed by atoms with E-state index >= 15 is 0 Å². The highest BCUT2D eigenvalue weighted by Crippen LogP contribution is 2.36. The zero-order valence-corrected chi connectivity index (χ0v) is 17.6. The van der Waals surface area contributed by atoms with Gasteiger partial charge in [-0.3, -0.25) is 4.40 Å². The second kappa shape index (κ2) is 7.81. The van der Waals surface area contributed by atoms with Gasteiger partial charge in [0.15, 0.2) is 0 Å². The summed E-state index contributed by atoms with van der Waals surface area (Å²) in [5.41, 5.74) is 4.68. The van der Waals surface area contributed by atoms with Crippen molar-refractivity contribution in [3.8, 4) is 0 Å². The van der Waals surface area contributed by atoms with Gasteiger partial charge in [0.1, 0.15) is 11.5 Å². The van der Waals surface area contributed by atoms with Crippen molar-refractivity contribution in [1.29, 1.82) is 0 Å². The molecule has 0 radical (unpaired) electrons. The highest BCUT2D eigenvalue weighted by atomic mass is 15.2. The molecule has 2 N–H and O–H groups in total. The van der Waals surface area contributed by atoms with Crippen LogP contribution in [0, 0.1) is 0 Å². The topological polar surface area (TPSA) is 70.4 Å². The molecule has 7 heteroatoms. The Labute approximate surface area is 181 Å². The summed E-state index contributed by atoms with van der Waals surface area (Å²) in [6.07, 6.45) is 9.00. The molecule has 0 bridgehead atoms. The summed E-state index contributed by atoms with van der Waals surface area (Å²) < 4.78 is 2.32. The van der Waals surface area contributed by atoms with Gasteiger partial charge in [0, 0.05) is 49.0 Å². The van der Waals surface area contributed by atoms with E-state index in [1.165, 1.54) is 36.9 Å². The van der Waals surface area contributed by atoms with E-state index in [0.29, 0.717) is 11.9 Å². The Balaban J connectivity index is 1.31. The van der Waals surface area contributed by atoms with E-state index in [0.717, 1.165) is 48.7 Å². The van der Waals surface area contributed by atoms with Crippen LogP contribution in [-0.2, 0) is 0 Å². The molecular formula is C24H27N7. The van der Waals surface area contributed by atoms with Crippen LogP contribution in [0.3, 0.4) is 0 Å². The van der Waals surface area contributed by atoms with E-state index in [4.69, 9.17) is 4.98 Å². The molecule has 2 aliphatic rings. The molecule has 1 aliphatic heterocycles. The number of nitrogens with zero attached hydrogens (tertiary/aromatic N) is 5. The van der Waals surface area contributed by atoms with Crippen molar-refractivity contribution in [3.63, 3.8) is 0 Å². The summed E-state index contributed by atoms with van der Waals surface area (Å²) in [6.45, 7) is 4.06. The number of hydrogen-bond acceptors (Lipinski definition) is 6. The Kier molecular flexibility index (Phi) is 4.68. The van der Waals surface area contributed by atoms with Crippen LogP contribution in [0.5, 0.6) is 0 Å². The zero-order valence-electron chi connectivity index (χ0n) is 17.6.